The third kappa shape index (κ3) is 2.97. The van der Waals surface area contributed by atoms with Crippen LogP contribution in [0.25, 0.3) is 0 Å². The van der Waals surface area contributed by atoms with Gasteiger partial charge in [0, 0.05) is 5.75 Å². The molecule has 1 fully saturated rings. The van der Waals surface area contributed by atoms with E-state index in [4.69, 9.17) is 4.42 Å². The van der Waals surface area contributed by atoms with E-state index in [-0.39, 0.29) is 0 Å². The molecule has 0 saturated heterocycles. The summed E-state index contributed by atoms with van der Waals surface area (Å²) in [6, 6.07) is 4.01. The maximum absolute atomic E-state index is 5.32. The van der Waals surface area contributed by atoms with Crippen LogP contribution in [-0.4, -0.2) is 11.5 Å². The lowest BCUT2D eigenvalue weighted by Crippen LogP contribution is -2.21. The average Bonchev–Trinajstić information content (AvgIpc) is 2.89. The Kier molecular flexibility index (Phi) is 4.09. The Labute approximate surface area is 101 Å². The number of rotatable bonds is 5. The lowest BCUT2D eigenvalue weighted by Gasteiger charge is -2.26. The van der Waals surface area contributed by atoms with E-state index in [1.54, 1.807) is 6.26 Å². The van der Waals surface area contributed by atoms with Gasteiger partial charge in [-0.15, -0.1) is 0 Å². The average molecular weight is 242 g/mol. The highest BCUT2D eigenvalue weighted by Crippen LogP contribution is 2.42. The molecule has 0 atom stereocenters. The zero-order valence-corrected chi connectivity index (χ0v) is 10.7. The summed E-state index contributed by atoms with van der Waals surface area (Å²) < 4.78 is 5.32. The number of hydrogen-bond acceptors (Lipinski definition) is 3. The Hall–Kier alpha value is -0.0200. The third-order valence-corrected chi connectivity index (χ3v) is 5.21. The van der Waals surface area contributed by atoms with Crippen molar-refractivity contribution < 1.29 is 4.42 Å². The van der Waals surface area contributed by atoms with Crippen LogP contribution in [0.2, 0.25) is 0 Å². The van der Waals surface area contributed by atoms with Gasteiger partial charge in [-0.25, -0.2) is 0 Å². The minimum atomic E-state index is 0.514. The minimum Gasteiger partial charge on any atom is -0.468 e. The summed E-state index contributed by atoms with van der Waals surface area (Å²) >= 11 is 6.50. The highest BCUT2D eigenvalue weighted by molar-refractivity contribution is 7.98. The SMILES string of the molecule is SCC1(CSCc2ccco2)CCCC1. The molecule has 1 aliphatic carbocycles. The van der Waals surface area contributed by atoms with Gasteiger partial charge in [-0.3, -0.25) is 0 Å². The molecule has 0 aliphatic heterocycles. The summed E-state index contributed by atoms with van der Waals surface area (Å²) in [5.41, 5.74) is 0.514. The Balaban J connectivity index is 1.77. The van der Waals surface area contributed by atoms with Crippen LogP contribution in [0.15, 0.2) is 22.8 Å². The first-order chi connectivity index (χ1) is 7.35. The molecule has 0 aromatic carbocycles. The summed E-state index contributed by atoms with van der Waals surface area (Å²) in [5, 5.41) is 0. The molecule has 0 bridgehead atoms. The first kappa shape index (κ1) is 11.5. The standard InChI is InChI=1S/C12H18OS2/c14-9-12(5-1-2-6-12)10-15-8-11-4-3-7-13-11/h3-4,7,14H,1-2,5-6,8-10H2. The van der Waals surface area contributed by atoms with Gasteiger partial charge in [0.15, 0.2) is 0 Å². The van der Waals surface area contributed by atoms with Crippen LogP contribution in [0.3, 0.4) is 0 Å². The smallest absolute Gasteiger partial charge is 0.113 e. The first-order valence-corrected chi connectivity index (χ1v) is 7.34. The second-order valence-electron chi connectivity index (χ2n) is 4.44. The molecule has 0 radical (unpaired) electrons. The molecule has 0 spiro atoms. The molecule has 0 N–H and O–H groups in total. The summed E-state index contributed by atoms with van der Waals surface area (Å²) in [6.07, 6.45) is 7.26. The second-order valence-corrected chi connectivity index (χ2v) is 5.74. The van der Waals surface area contributed by atoms with Gasteiger partial charge >= 0.3 is 0 Å². The van der Waals surface area contributed by atoms with Crippen molar-refractivity contribution in [2.24, 2.45) is 5.41 Å². The maximum atomic E-state index is 5.32. The van der Waals surface area contributed by atoms with E-state index in [1.165, 1.54) is 31.4 Å². The van der Waals surface area contributed by atoms with Crippen LogP contribution < -0.4 is 0 Å². The van der Waals surface area contributed by atoms with Crippen molar-refractivity contribution in [3.8, 4) is 0 Å². The van der Waals surface area contributed by atoms with E-state index in [1.807, 2.05) is 17.8 Å². The van der Waals surface area contributed by atoms with Crippen LogP contribution in [0.4, 0.5) is 0 Å². The fourth-order valence-electron chi connectivity index (χ4n) is 2.24. The van der Waals surface area contributed by atoms with Gasteiger partial charge in [-0.05, 0) is 36.1 Å². The largest absolute Gasteiger partial charge is 0.468 e. The van der Waals surface area contributed by atoms with E-state index < -0.39 is 0 Å². The molecule has 15 heavy (non-hydrogen) atoms. The Bertz CT molecular complexity index is 276. The summed E-state index contributed by atoms with van der Waals surface area (Å²) in [6.45, 7) is 0. The molecule has 1 aromatic rings. The zero-order valence-electron chi connectivity index (χ0n) is 8.95. The number of thiol groups is 1. The normalized spacial score (nSPS) is 19.5. The molecule has 84 valence electrons. The molecule has 1 aliphatic rings. The van der Waals surface area contributed by atoms with E-state index in [0.29, 0.717) is 5.41 Å². The zero-order chi connectivity index (χ0) is 10.6. The number of thioether (sulfide) groups is 1. The van der Waals surface area contributed by atoms with Crippen LogP contribution in [0.1, 0.15) is 31.4 Å². The molecule has 0 amide bonds. The van der Waals surface area contributed by atoms with Gasteiger partial charge in [0.2, 0.25) is 0 Å². The fraction of sp³-hybridized carbons (Fsp3) is 0.667. The summed E-state index contributed by atoms with van der Waals surface area (Å²) in [7, 11) is 0. The van der Waals surface area contributed by atoms with E-state index in [9.17, 15) is 0 Å². The van der Waals surface area contributed by atoms with Gasteiger partial charge in [0.05, 0.1) is 12.0 Å². The van der Waals surface area contributed by atoms with E-state index >= 15 is 0 Å². The molecule has 0 unspecified atom stereocenters. The predicted molar refractivity (Wildman–Crippen MR) is 69.6 cm³/mol. The molecular formula is C12H18OS2. The summed E-state index contributed by atoms with van der Waals surface area (Å²) in [5.74, 6) is 4.37. The number of furan rings is 1. The van der Waals surface area contributed by atoms with Crippen molar-refractivity contribution in [3.63, 3.8) is 0 Å². The summed E-state index contributed by atoms with van der Waals surface area (Å²) in [4.78, 5) is 0. The van der Waals surface area contributed by atoms with Crippen LogP contribution >= 0.6 is 24.4 Å². The molecule has 2 rings (SSSR count). The second kappa shape index (κ2) is 5.35. The van der Waals surface area contributed by atoms with Gasteiger partial charge in [0.1, 0.15) is 5.76 Å². The molecule has 1 aromatic heterocycles. The van der Waals surface area contributed by atoms with Crippen molar-refractivity contribution in [1.82, 2.24) is 0 Å². The van der Waals surface area contributed by atoms with E-state index in [0.717, 1.165) is 17.3 Å². The van der Waals surface area contributed by atoms with Gasteiger partial charge < -0.3 is 4.42 Å². The van der Waals surface area contributed by atoms with Crippen LogP contribution in [-0.2, 0) is 5.75 Å². The highest BCUT2D eigenvalue weighted by Gasteiger charge is 2.32. The minimum absolute atomic E-state index is 0.514. The van der Waals surface area contributed by atoms with Gasteiger partial charge in [-0.2, -0.15) is 24.4 Å². The van der Waals surface area contributed by atoms with Crippen molar-refractivity contribution in [2.45, 2.75) is 31.4 Å². The Morgan fingerprint density at radius 3 is 2.80 bits per heavy atom. The molecule has 1 nitrogen and oxygen atoms in total. The Morgan fingerprint density at radius 2 is 2.20 bits per heavy atom. The van der Waals surface area contributed by atoms with Crippen molar-refractivity contribution in [1.29, 1.82) is 0 Å². The molecule has 1 heterocycles. The van der Waals surface area contributed by atoms with Gasteiger partial charge in [-0.1, -0.05) is 12.8 Å². The highest BCUT2D eigenvalue weighted by atomic mass is 32.2. The maximum Gasteiger partial charge on any atom is 0.113 e. The third-order valence-electron chi connectivity index (χ3n) is 3.23. The monoisotopic (exact) mass is 242 g/mol. The lowest BCUT2D eigenvalue weighted by molar-refractivity contribution is 0.403. The van der Waals surface area contributed by atoms with Crippen LogP contribution in [0.5, 0.6) is 0 Å². The lowest BCUT2D eigenvalue weighted by atomic mass is 9.91. The molecular weight excluding hydrogens is 224 g/mol. The van der Waals surface area contributed by atoms with Crippen LogP contribution in [0, 0.1) is 5.41 Å². The molecule has 3 heteroatoms. The quantitative estimate of drug-likeness (QED) is 0.784. The van der Waals surface area contributed by atoms with Crippen molar-refractivity contribution >= 4 is 24.4 Å². The van der Waals surface area contributed by atoms with Crippen molar-refractivity contribution in [3.05, 3.63) is 24.2 Å². The van der Waals surface area contributed by atoms with Crippen molar-refractivity contribution in [2.75, 3.05) is 11.5 Å². The van der Waals surface area contributed by atoms with E-state index in [2.05, 4.69) is 18.7 Å². The fourth-order valence-corrected chi connectivity index (χ4v) is 4.11. The predicted octanol–water partition coefficient (Wildman–Crippen LogP) is 4.00. The molecule has 1 saturated carbocycles. The Morgan fingerprint density at radius 1 is 1.40 bits per heavy atom. The number of hydrogen-bond donors (Lipinski definition) is 1. The first-order valence-electron chi connectivity index (χ1n) is 5.56. The topological polar surface area (TPSA) is 13.1 Å². The van der Waals surface area contributed by atoms with Gasteiger partial charge in [0.25, 0.3) is 0 Å².